The Morgan fingerprint density at radius 2 is 1.76 bits per heavy atom. The molecule has 2 N–H and O–H groups in total. The number of rotatable bonds is 4. The molecule has 0 saturated carbocycles. The van der Waals surface area contributed by atoms with Gasteiger partial charge in [0.15, 0.2) is 11.5 Å². The van der Waals surface area contributed by atoms with Gasteiger partial charge in [-0.15, -0.1) is 0 Å². The number of ether oxygens (including phenoxy) is 2. The number of hydrogen-bond acceptors (Lipinski definition) is 4. The van der Waals surface area contributed by atoms with Crippen molar-refractivity contribution in [1.29, 1.82) is 0 Å². The van der Waals surface area contributed by atoms with E-state index in [1.807, 2.05) is 42.5 Å². The molecule has 1 heterocycles. The highest BCUT2D eigenvalue weighted by atomic mass is 16.6. The SMILES string of the molecule is CC(Nc1ccc(CO)cc1)c1ccc2c(c1)OCCO2. The highest BCUT2D eigenvalue weighted by Gasteiger charge is 2.14. The maximum atomic E-state index is 9.05. The van der Waals surface area contributed by atoms with Gasteiger partial charge in [0.25, 0.3) is 0 Å². The van der Waals surface area contributed by atoms with E-state index >= 15 is 0 Å². The van der Waals surface area contributed by atoms with Crippen molar-refractivity contribution in [3.63, 3.8) is 0 Å². The van der Waals surface area contributed by atoms with Crippen molar-refractivity contribution in [3.05, 3.63) is 53.6 Å². The number of aliphatic hydroxyl groups is 1. The highest BCUT2D eigenvalue weighted by molar-refractivity contribution is 5.49. The molecule has 0 radical (unpaired) electrons. The molecular formula is C17H19NO3. The predicted octanol–water partition coefficient (Wildman–Crippen LogP) is 3.12. The van der Waals surface area contributed by atoms with Crippen LogP contribution in [0.2, 0.25) is 0 Å². The summed E-state index contributed by atoms with van der Waals surface area (Å²) in [7, 11) is 0. The molecule has 21 heavy (non-hydrogen) atoms. The first kappa shape index (κ1) is 13.8. The van der Waals surface area contributed by atoms with E-state index in [0.29, 0.717) is 13.2 Å². The Labute approximate surface area is 124 Å². The van der Waals surface area contributed by atoms with E-state index in [9.17, 15) is 0 Å². The van der Waals surface area contributed by atoms with Crippen molar-refractivity contribution in [2.45, 2.75) is 19.6 Å². The number of nitrogens with one attached hydrogen (secondary N) is 1. The summed E-state index contributed by atoms with van der Waals surface area (Å²) in [6.07, 6.45) is 0. The molecule has 0 aromatic heterocycles. The summed E-state index contributed by atoms with van der Waals surface area (Å²) in [6.45, 7) is 3.38. The minimum atomic E-state index is 0.0675. The maximum Gasteiger partial charge on any atom is 0.161 e. The summed E-state index contributed by atoms with van der Waals surface area (Å²) in [5.74, 6) is 1.62. The summed E-state index contributed by atoms with van der Waals surface area (Å²) in [4.78, 5) is 0. The van der Waals surface area contributed by atoms with Gasteiger partial charge in [-0.2, -0.15) is 0 Å². The molecule has 1 unspecified atom stereocenters. The van der Waals surface area contributed by atoms with E-state index in [1.54, 1.807) is 0 Å². The molecule has 1 aliphatic rings. The summed E-state index contributed by atoms with van der Waals surface area (Å²) in [5.41, 5.74) is 3.08. The molecule has 0 aliphatic carbocycles. The number of fused-ring (bicyclic) bond motifs is 1. The topological polar surface area (TPSA) is 50.7 Å². The largest absolute Gasteiger partial charge is 0.486 e. The second-order valence-electron chi connectivity index (χ2n) is 5.12. The fraction of sp³-hybridized carbons (Fsp3) is 0.294. The first-order valence-electron chi connectivity index (χ1n) is 7.12. The van der Waals surface area contributed by atoms with Crippen molar-refractivity contribution >= 4 is 5.69 Å². The zero-order valence-corrected chi connectivity index (χ0v) is 12.0. The van der Waals surface area contributed by atoms with Crippen molar-refractivity contribution in [3.8, 4) is 11.5 Å². The Morgan fingerprint density at radius 1 is 1.05 bits per heavy atom. The molecular weight excluding hydrogens is 266 g/mol. The van der Waals surface area contributed by atoms with Crippen LogP contribution < -0.4 is 14.8 Å². The third kappa shape index (κ3) is 3.11. The average Bonchev–Trinajstić information content (AvgIpc) is 2.55. The molecule has 0 spiro atoms. The van der Waals surface area contributed by atoms with E-state index in [-0.39, 0.29) is 12.6 Å². The van der Waals surface area contributed by atoms with Crippen LogP contribution in [-0.4, -0.2) is 18.3 Å². The molecule has 4 nitrogen and oxygen atoms in total. The van der Waals surface area contributed by atoms with Crippen LogP contribution in [0.5, 0.6) is 11.5 Å². The maximum absolute atomic E-state index is 9.05. The van der Waals surface area contributed by atoms with Crippen LogP contribution in [0.25, 0.3) is 0 Å². The summed E-state index contributed by atoms with van der Waals surface area (Å²) >= 11 is 0. The summed E-state index contributed by atoms with van der Waals surface area (Å²) in [5, 5.41) is 12.5. The minimum absolute atomic E-state index is 0.0675. The van der Waals surface area contributed by atoms with E-state index in [1.165, 1.54) is 0 Å². The van der Waals surface area contributed by atoms with Crippen LogP contribution in [-0.2, 0) is 6.61 Å². The molecule has 2 aromatic rings. The molecule has 2 aromatic carbocycles. The first-order valence-corrected chi connectivity index (χ1v) is 7.12. The van der Waals surface area contributed by atoms with Crippen LogP contribution in [0, 0.1) is 0 Å². The van der Waals surface area contributed by atoms with Gasteiger partial charge in [0.1, 0.15) is 13.2 Å². The van der Waals surface area contributed by atoms with E-state index in [2.05, 4.69) is 12.2 Å². The molecule has 0 saturated heterocycles. The lowest BCUT2D eigenvalue weighted by molar-refractivity contribution is 0.171. The van der Waals surface area contributed by atoms with Gasteiger partial charge in [0, 0.05) is 11.7 Å². The quantitative estimate of drug-likeness (QED) is 0.906. The van der Waals surface area contributed by atoms with Crippen molar-refractivity contribution in [1.82, 2.24) is 0 Å². The average molecular weight is 285 g/mol. The van der Waals surface area contributed by atoms with Gasteiger partial charge in [0.2, 0.25) is 0 Å². The number of anilines is 1. The molecule has 1 aliphatic heterocycles. The Bertz CT molecular complexity index is 610. The van der Waals surface area contributed by atoms with Gasteiger partial charge in [-0.1, -0.05) is 18.2 Å². The Hall–Kier alpha value is -2.20. The lowest BCUT2D eigenvalue weighted by Gasteiger charge is -2.21. The third-order valence-electron chi connectivity index (χ3n) is 3.59. The van der Waals surface area contributed by atoms with Crippen LogP contribution in [0.15, 0.2) is 42.5 Å². The highest BCUT2D eigenvalue weighted by Crippen LogP contribution is 2.33. The number of hydrogen-bond donors (Lipinski definition) is 2. The molecule has 0 bridgehead atoms. The van der Waals surface area contributed by atoms with Crippen molar-refractivity contribution in [2.75, 3.05) is 18.5 Å². The van der Waals surface area contributed by atoms with Gasteiger partial charge >= 0.3 is 0 Å². The number of aliphatic hydroxyl groups excluding tert-OH is 1. The Kier molecular flexibility index (Phi) is 3.97. The van der Waals surface area contributed by atoms with Crippen LogP contribution in [0.3, 0.4) is 0 Å². The fourth-order valence-electron chi connectivity index (χ4n) is 2.37. The minimum Gasteiger partial charge on any atom is -0.486 e. The van der Waals surface area contributed by atoms with Crippen LogP contribution in [0.4, 0.5) is 5.69 Å². The van der Waals surface area contributed by atoms with Gasteiger partial charge in [-0.05, 0) is 42.3 Å². The van der Waals surface area contributed by atoms with Crippen LogP contribution >= 0.6 is 0 Å². The van der Waals surface area contributed by atoms with Gasteiger partial charge in [-0.25, -0.2) is 0 Å². The molecule has 4 heteroatoms. The molecule has 110 valence electrons. The summed E-state index contributed by atoms with van der Waals surface area (Å²) in [6, 6.07) is 14.0. The zero-order valence-electron chi connectivity index (χ0n) is 12.0. The van der Waals surface area contributed by atoms with E-state index in [0.717, 1.165) is 28.3 Å². The fourth-order valence-corrected chi connectivity index (χ4v) is 2.37. The van der Waals surface area contributed by atoms with Crippen LogP contribution in [0.1, 0.15) is 24.1 Å². The Morgan fingerprint density at radius 3 is 2.48 bits per heavy atom. The monoisotopic (exact) mass is 285 g/mol. The normalized spacial score (nSPS) is 14.6. The zero-order chi connectivity index (χ0) is 14.7. The Balaban J connectivity index is 1.73. The lowest BCUT2D eigenvalue weighted by Crippen LogP contribution is -2.16. The summed E-state index contributed by atoms with van der Waals surface area (Å²) < 4.78 is 11.1. The second kappa shape index (κ2) is 6.06. The van der Waals surface area contributed by atoms with Gasteiger partial charge < -0.3 is 19.9 Å². The smallest absolute Gasteiger partial charge is 0.161 e. The predicted molar refractivity (Wildman–Crippen MR) is 81.8 cm³/mol. The molecule has 0 amide bonds. The van der Waals surface area contributed by atoms with Crippen molar-refractivity contribution in [2.24, 2.45) is 0 Å². The molecule has 0 fully saturated rings. The standard InChI is InChI=1S/C17H19NO3/c1-12(18-15-5-2-13(11-19)3-6-15)14-4-7-16-17(10-14)21-9-8-20-16/h2-7,10,12,18-19H,8-9,11H2,1H3. The van der Waals surface area contributed by atoms with Crippen molar-refractivity contribution < 1.29 is 14.6 Å². The van der Waals surface area contributed by atoms with Gasteiger partial charge in [-0.3, -0.25) is 0 Å². The molecule has 1 atom stereocenters. The third-order valence-corrected chi connectivity index (χ3v) is 3.59. The first-order chi connectivity index (χ1) is 10.3. The lowest BCUT2D eigenvalue weighted by atomic mass is 10.1. The van der Waals surface area contributed by atoms with Gasteiger partial charge in [0.05, 0.1) is 6.61 Å². The van der Waals surface area contributed by atoms with E-state index < -0.39 is 0 Å². The second-order valence-corrected chi connectivity index (χ2v) is 5.12. The van der Waals surface area contributed by atoms with E-state index in [4.69, 9.17) is 14.6 Å². The number of benzene rings is 2. The molecule has 3 rings (SSSR count).